The molecule has 200 valence electrons. The number of rotatable bonds is 12. The molecule has 0 saturated heterocycles. The van der Waals surface area contributed by atoms with E-state index < -0.39 is 14.6 Å². The Morgan fingerprint density at radius 2 is 1.89 bits per heavy atom. The van der Waals surface area contributed by atoms with Gasteiger partial charge in [-0.05, 0) is 64.2 Å². The molecule has 1 aliphatic carbocycles. The number of benzene rings is 1. The van der Waals surface area contributed by atoms with Gasteiger partial charge in [0.05, 0.1) is 12.3 Å². The molecule has 0 atom stereocenters. The van der Waals surface area contributed by atoms with E-state index in [0.29, 0.717) is 48.0 Å². The fourth-order valence-electron chi connectivity index (χ4n) is 3.71. The Morgan fingerprint density at radius 3 is 2.49 bits per heavy atom. The number of aliphatic hydroxyl groups is 1. The Labute approximate surface area is 218 Å². The minimum Gasteiger partial charge on any atom is -0.395 e. The Morgan fingerprint density at radius 1 is 1.19 bits per heavy atom. The molecule has 1 heterocycles. The third-order valence-electron chi connectivity index (χ3n) is 5.96. The second kappa shape index (κ2) is 12.3. The largest absolute Gasteiger partial charge is 0.395 e. The molecule has 11 nitrogen and oxygen atoms in total. The van der Waals surface area contributed by atoms with Crippen LogP contribution in [0.4, 0.5) is 16.3 Å². The van der Waals surface area contributed by atoms with Gasteiger partial charge < -0.3 is 26.0 Å². The van der Waals surface area contributed by atoms with E-state index >= 15 is 0 Å². The van der Waals surface area contributed by atoms with E-state index in [1.54, 1.807) is 44.3 Å². The van der Waals surface area contributed by atoms with Crippen LogP contribution in [0.25, 0.3) is 11.4 Å². The van der Waals surface area contributed by atoms with E-state index in [1.807, 2.05) is 19.0 Å². The molecule has 12 heteroatoms. The van der Waals surface area contributed by atoms with Crippen molar-refractivity contribution in [3.63, 3.8) is 0 Å². The summed E-state index contributed by atoms with van der Waals surface area (Å²) in [4.78, 5) is 27.4. The van der Waals surface area contributed by atoms with Crippen LogP contribution in [0.1, 0.15) is 25.5 Å². The standard InChI is InChI=1S/C25H35N7O4S/c1-18(9-12-26-2)37(35,36)25(10-11-25)21-17-22(27-14-16-33)31-23(30-21)19-5-7-20(8-6-19)29-24(34)28-13-15-32(3)4/h5-9,12,17,33H,10-11,13-16H2,1-4H3,(H,27,30,31)(H2,28,29,34)/b18-9+,26-12-. The van der Waals surface area contributed by atoms with Gasteiger partial charge in [-0.25, -0.2) is 23.2 Å². The molecule has 1 saturated carbocycles. The van der Waals surface area contributed by atoms with Crippen LogP contribution in [0.3, 0.4) is 0 Å². The Hall–Kier alpha value is -3.35. The van der Waals surface area contributed by atoms with Gasteiger partial charge >= 0.3 is 6.03 Å². The minimum atomic E-state index is -3.68. The summed E-state index contributed by atoms with van der Waals surface area (Å²) in [6.07, 6.45) is 3.85. The summed E-state index contributed by atoms with van der Waals surface area (Å²) in [7, 11) is 1.76. The number of carbonyl (C=O) groups is 1. The van der Waals surface area contributed by atoms with Crippen molar-refractivity contribution in [1.82, 2.24) is 20.2 Å². The van der Waals surface area contributed by atoms with E-state index in [2.05, 4.69) is 30.9 Å². The second-order valence-electron chi connectivity index (χ2n) is 9.06. The number of nitrogens with one attached hydrogen (secondary N) is 3. The highest BCUT2D eigenvalue weighted by molar-refractivity contribution is 7.96. The average molecular weight is 530 g/mol. The third kappa shape index (κ3) is 6.90. The number of likely N-dealkylation sites (N-methyl/N-ethyl adjacent to an activating group) is 1. The smallest absolute Gasteiger partial charge is 0.319 e. The highest BCUT2D eigenvalue weighted by Crippen LogP contribution is 2.54. The predicted molar refractivity (Wildman–Crippen MR) is 147 cm³/mol. The second-order valence-corrected chi connectivity index (χ2v) is 11.5. The summed E-state index contributed by atoms with van der Waals surface area (Å²) < 4.78 is 25.8. The van der Waals surface area contributed by atoms with Crippen molar-refractivity contribution in [2.24, 2.45) is 4.99 Å². The third-order valence-corrected chi connectivity index (χ3v) is 8.59. The Balaban J connectivity index is 1.89. The van der Waals surface area contributed by atoms with E-state index in [9.17, 15) is 18.3 Å². The first-order chi connectivity index (χ1) is 17.6. The van der Waals surface area contributed by atoms with Crippen LogP contribution in [-0.4, -0.2) is 88.0 Å². The summed E-state index contributed by atoms with van der Waals surface area (Å²) in [6, 6.07) is 8.33. The van der Waals surface area contributed by atoms with Gasteiger partial charge in [0, 0.05) is 55.1 Å². The molecule has 0 spiro atoms. The van der Waals surface area contributed by atoms with Gasteiger partial charge in [-0.2, -0.15) is 0 Å². The summed E-state index contributed by atoms with van der Waals surface area (Å²) in [5, 5.41) is 17.9. The number of amides is 2. The number of sulfone groups is 1. The first kappa shape index (κ1) is 28.2. The average Bonchev–Trinajstić information content (AvgIpc) is 3.69. The predicted octanol–water partition coefficient (Wildman–Crippen LogP) is 2.24. The lowest BCUT2D eigenvalue weighted by molar-refractivity contribution is 0.250. The van der Waals surface area contributed by atoms with Gasteiger partial charge in [-0.3, -0.25) is 4.99 Å². The van der Waals surface area contributed by atoms with Crippen molar-refractivity contribution in [2.45, 2.75) is 24.5 Å². The fraction of sp³-hybridized carbons (Fsp3) is 0.440. The monoisotopic (exact) mass is 529 g/mol. The number of anilines is 2. The van der Waals surface area contributed by atoms with Crippen molar-refractivity contribution in [1.29, 1.82) is 0 Å². The molecule has 1 aliphatic rings. The molecule has 2 aromatic rings. The van der Waals surface area contributed by atoms with Crippen molar-refractivity contribution < 1.29 is 18.3 Å². The summed E-state index contributed by atoms with van der Waals surface area (Å²) in [5.41, 5.74) is 1.66. The maximum absolute atomic E-state index is 13.5. The van der Waals surface area contributed by atoms with Gasteiger partial charge in [0.15, 0.2) is 15.7 Å². The number of urea groups is 1. The summed E-state index contributed by atoms with van der Waals surface area (Å²) in [5.74, 6) is 0.771. The van der Waals surface area contributed by atoms with Crippen LogP contribution < -0.4 is 16.0 Å². The number of carbonyl (C=O) groups excluding carboxylic acids is 1. The first-order valence-corrected chi connectivity index (χ1v) is 13.5. The molecule has 4 N–H and O–H groups in total. The lowest BCUT2D eigenvalue weighted by atomic mass is 10.1. The molecule has 2 amide bonds. The number of nitrogens with zero attached hydrogens (tertiary/aromatic N) is 4. The number of hydrogen-bond donors (Lipinski definition) is 4. The molecule has 0 aliphatic heterocycles. The molecule has 0 unspecified atom stereocenters. The fourth-order valence-corrected chi connectivity index (χ4v) is 5.58. The number of aliphatic imine (C=N–C) groups is 1. The number of hydrogen-bond acceptors (Lipinski definition) is 9. The number of aromatic nitrogens is 2. The quantitative estimate of drug-likeness (QED) is 0.306. The molecular formula is C25H35N7O4S. The minimum absolute atomic E-state index is 0.104. The van der Waals surface area contributed by atoms with Crippen LogP contribution >= 0.6 is 0 Å². The van der Waals surface area contributed by atoms with Gasteiger partial charge in [0.1, 0.15) is 10.6 Å². The molecule has 37 heavy (non-hydrogen) atoms. The van der Waals surface area contributed by atoms with Crippen LogP contribution in [0, 0.1) is 0 Å². The maximum atomic E-state index is 13.5. The van der Waals surface area contributed by atoms with Gasteiger partial charge in [0.2, 0.25) is 0 Å². The van der Waals surface area contributed by atoms with Crippen LogP contribution in [0.5, 0.6) is 0 Å². The molecule has 1 aromatic heterocycles. The topological polar surface area (TPSA) is 149 Å². The van der Waals surface area contributed by atoms with Gasteiger partial charge in [-0.15, -0.1) is 0 Å². The maximum Gasteiger partial charge on any atom is 0.319 e. The van der Waals surface area contributed by atoms with E-state index in [-0.39, 0.29) is 24.1 Å². The van der Waals surface area contributed by atoms with Gasteiger partial charge in [-0.1, -0.05) is 0 Å². The molecule has 3 rings (SSSR count). The molecule has 0 radical (unpaired) electrons. The number of aliphatic hydroxyl groups excluding tert-OH is 1. The van der Waals surface area contributed by atoms with Crippen molar-refractivity contribution in [3.05, 3.63) is 47.0 Å². The summed E-state index contributed by atoms with van der Waals surface area (Å²) >= 11 is 0. The molecular weight excluding hydrogens is 494 g/mol. The van der Waals surface area contributed by atoms with Crippen LogP contribution in [0.15, 0.2) is 46.3 Å². The van der Waals surface area contributed by atoms with Crippen molar-refractivity contribution in [3.8, 4) is 11.4 Å². The van der Waals surface area contributed by atoms with Gasteiger partial charge in [0.25, 0.3) is 0 Å². The zero-order valence-electron chi connectivity index (χ0n) is 21.7. The highest BCUT2D eigenvalue weighted by atomic mass is 32.2. The normalized spacial score (nSPS) is 15.1. The van der Waals surface area contributed by atoms with Crippen LogP contribution in [0.2, 0.25) is 0 Å². The first-order valence-electron chi connectivity index (χ1n) is 12.0. The summed E-state index contributed by atoms with van der Waals surface area (Å²) in [6.45, 7) is 2.96. The van der Waals surface area contributed by atoms with Crippen LogP contribution in [-0.2, 0) is 14.6 Å². The van der Waals surface area contributed by atoms with E-state index in [0.717, 1.165) is 6.54 Å². The molecule has 1 aromatic carbocycles. The van der Waals surface area contributed by atoms with Crippen molar-refractivity contribution in [2.75, 3.05) is 58.0 Å². The zero-order chi connectivity index (χ0) is 27.1. The Kier molecular flexibility index (Phi) is 9.35. The van der Waals surface area contributed by atoms with Crippen molar-refractivity contribution >= 4 is 33.6 Å². The zero-order valence-corrected chi connectivity index (χ0v) is 22.5. The molecule has 1 fully saturated rings. The SMILES string of the molecule is C/N=C\C=C(/C)S(=O)(=O)C1(c2cc(NCCO)nc(-c3ccc(NC(=O)NCCN(C)C)cc3)n2)CC1. The van der Waals surface area contributed by atoms with E-state index in [1.165, 1.54) is 12.3 Å². The molecule has 0 bridgehead atoms. The lowest BCUT2D eigenvalue weighted by Gasteiger charge is -2.18. The van der Waals surface area contributed by atoms with E-state index in [4.69, 9.17) is 0 Å². The Bertz CT molecular complexity index is 1250. The highest BCUT2D eigenvalue weighted by Gasteiger charge is 2.57. The number of allylic oxidation sites excluding steroid dienone is 2. The lowest BCUT2D eigenvalue weighted by Crippen LogP contribution is -2.34.